The quantitative estimate of drug-likeness (QED) is 0.311. The number of hydrogen-bond acceptors (Lipinski definition) is 6. The number of carbonyl (C=O) groups is 2. The van der Waals surface area contributed by atoms with E-state index in [2.05, 4.69) is 4.74 Å². The summed E-state index contributed by atoms with van der Waals surface area (Å²) in [5.74, 6) is -1.18. The maximum atomic E-state index is 11.9. The molecule has 2 unspecified atom stereocenters. The minimum Gasteiger partial charge on any atom is -0.462 e. The highest BCUT2D eigenvalue weighted by molar-refractivity contribution is 5.89. The van der Waals surface area contributed by atoms with E-state index in [1.54, 1.807) is 25.1 Å². The smallest absolute Gasteiger partial charge is 0.338 e. The van der Waals surface area contributed by atoms with E-state index in [1.807, 2.05) is 6.92 Å². The summed E-state index contributed by atoms with van der Waals surface area (Å²) in [7, 11) is 0. The van der Waals surface area contributed by atoms with Gasteiger partial charge in [0.15, 0.2) is 0 Å². The fourth-order valence-electron chi connectivity index (χ4n) is 2.11. The Bertz CT molecular complexity index is 499. The number of carbonyl (C=O) groups excluding carboxylic acids is 2. The molecule has 1 aromatic carbocycles. The van der Waals surface area contributed by atoms with Crippen molar-refractivity contribution in [2.75, 3.05) is 13.2 Å². The van der Waals surface area contributed by atoms with Crippen LogP contribution in [0.5, 0.6) is 0 Å². The van der Waals surface area contributed by atoms with Gasteiger partial charge in [-0.25, -0.2) is 4.79 Å². The average Bonchev–Trinajstić information content (AvgIpc) is 2.50. The molecule has 0 radical (unpaired) electrons. The maximum Gasteiger partial charge on any atom is 0.338 e. The van der Waals surface area contributed by atoms with Gasteiger partial charge in [0.2, 0.25) is 6.29 Å². The van der Waals surface area contributed by atoms with Gasteiger partial charge < -0.3 is 19.7 Å². The highest BCUT2D eigenvalue weighted by Gasteiger charge is 2.24. The van der Waals surface area contributed by atoms with Crippen molar-refractivity contribution >= 4 is 12.4 Å². The highest BCUT2D eigenvalue weighted by atomic mass is 16.6. The van der Waals surface area contributed by atoms with Gasteiger partial charge in [-0.05, 0) is 36.6 Å². The zero-order valence-corrected chi connectivity index (χ0v) is 12.8. The van der Waals surface area contributed by atoms with Gasteiger partial charge in [-0.3, -0.25) is 4.79 Å². The van der Waals surface area contributed by atoms with Crippen molar-refractivity contribution in [1.29, 1.82) is 0 Å². The van der Waals surface area contributed by atoms with Crippen LogP contribution in [0, 0.1) is 6.92 Å². The third kappa shape index (κ3) is 4.82. The Morgan fingerprint density at radius 1 is 1.41 bits per heavy atom. The Hall–Kier alpha value is -1.92. The molecule has 0 aliphatic rings. The lowest BCUT2D eigenvalue weighted by Crippen LogP contribution is -2.25. The standard InChI is InChI=1S/C16H22O6/c1-3-4-7-21-15(19)12-5-6-13(11(2)8-12)14(9-17)16(20)22-10-18/h5-6,8,10,14,16-17,20H,3-4,7,9H2,1-2H3. The van der Waals surface area contributed by atoms with Crippen LogP contribution in [0.3, 0.4) is 0 Å². The Labute approximate surface area is 129 Å². The normalized spacial score (nSPS) is 13.3. The van der Waals surface area contributed by atoms with Gasteiger partial charge in [0.05, 0.1) is 24.7 Å². The zero-order chi connectivity index (χ0) is 16.5. The molecule has 2 N–H and O–H groups in total. The summed E-state index contributed by atoms with van der Waals surface area (Å²) in [5.41, 5.74) is 1.69. The number of aliphatic hydroxyl groups is 2. The molecule has 0 saturated carbocycles. The molecule has 1 aromatic rings. The number of aliphatic hydroxyl groups excluding tert-OH is 2. The summed E-state index contributed by atoms with van der Waals surface area (Å²) in [6.45, 7) is 3.86. The van der Waals surface area contributed by atoms with Gasteiger partial charge in [-0.1, -0.05) is 19.4 Å². The van der Waals surface area contributed by atoms with Crippen molar-refractivity contribution in [2.45, 2.75) is 38.9 Å². The third-order valence-corrected chi connectivity index (χ3v) is 3.37. The van der Waals surface area contributed by atoms with Crippen LogP contribution in [0.15, 0.2) is 18.2 Å². The predicted molar refractivity (Wildman–Crippen MR) is 79.4 cm³/mol. The van der Waals surface area contributed by atoms with Crippen molar-refractivity contribution in [1.82, 2.24) is 0 Å². The number of esters is 1. The van der Waals surface area contributed by atoms with Crippen molar-refractivity contribution in [2.24, 2.45) is 0 Å². The minimum atomic E-state index is -1.44. The molecule has 0 aromatic heterocycles. The van der Waals surface area contributed by atoms with Crippen LogP contribution in [-0.2, 0) is 14.3 Å². The topological polar surface area (TPSA) is 93.1 Å². The largest absolute Gasteiger partial charge is 0.462 e. The molecule has 6 heteroatoms. The van der Waals surface area contributed by atoms with Crippen LogP contribution in [0.4, 0.5) is 0 Å². The molecule has 0 saturated heterocycles. The van der Waals surface area contributed by atoms with Crippen LogP contribution < -0.4 is 0 Å². The number of aryl methyl sites for hydroxylation is 1. The highest BCUT2D eigenvalue weighted by Crippen LogP contribution is 2.24. The number of ether oxygens (including phenoxy) is 2. The van der Waals surface area contributed by atoms with E-state index in [1.165, 1.54) is 0 Å². The van der Waals surface area contributed by atoms with E-state index in [4.69, 9.17) is 4.74 Å². The van der Waals surface area contributed by atoms with E-state index in [9.17, 15) is 19.8 Å². The van der Waals surface area contributed by atoms with E-state index >= 15 is 0 Å². The molecule has 0 aliphatic heterocycles. The zero-order valence-electron chi connectivity index (χ0n) is 12.8. The summed E-state index contributed by atoms with van der Waals surface area (Å²) in [5, 5.41) is 19.1. The first-order valence-corrected chi connectivity index (χ1v) is 7.20. The van der Waals surface area contributed by atoms with Gasteiger partial charge in [0.25, 0.3) is 6.47 Å². The third-order valence-electron chi connectivity index (χ3n) is 3.37. The van der Waals surface area contributed by atoms with Crippen LogP contribution in [-0.4, -0.2) is 42.2 Å². The molecule has 0 spiro atoms. The molecule has 0 bridgehead atoms. The SMILES string of the molecule is CCCCOC(=O)c1ccc(C(CO)C(O)OC=O)c(C)c1. The first kappa shape index (κ1) is 18.1. The minimum absolute atomic E-state index is 0.127. The second kappa shape index (κ2) is 9.17. The van der Waals surface area contributed by atoms with Crippen molar-refractivity contribution in [3.05, 3.63) is 34.9 Å². The Morgan fingerprint density at radius 2 is 2.14 bits per heavy atom. The molecular weight excluding hydrogens is 288 g/mol. The lowest BCUT2D eigenvalue weighted by Gasteiger charge is -2.21. The van der Waals surface area contributed by atoms with E-state index in [0.717, 1.165) is 12.8 Å². The van der Waals surface area contributed by atoms with Gasteiger partial charge in [0.1, 0.15) is 0 Å². The fraction of sp³-hybridized carbons (Fsp3) is 0.500. The molecule has 6 nitrogen and oxygen atoms in total. The predicted octanol–water partition coefficient (Wildman–Crippen LogP) is 1.52. The fourth-order valence-corrected chi connectivity index (χ4v) is 2.11. The molecule has 0 fully saturated rings. The van der Waals surface area contributed by atoms with Crippen molar-refractivity contribution in [3.8, 4) is 0 Å². The molecular formula is C16H22O6. The first-order valence-electron chi connectivity index (χ1n) is 7.20. The summed E-state index contributed by atoms with van der Waals surface area (Å²) in [6.07, 6.45) is 0.311. The van der Waals surface area contributed by atoms with Gasteiger partial charge in [0, 0.05) is 0 Å². The van der Waals surface area contributed by atoms with Crippen molar-refractivity contribution in [3.63, 3.8) is 0 Å². The Kier molecular flexibility index (Phi) is 7.56. The molecule has 122 valence electrons. The van der Waals surface area contributed by atoms with E-state index in [0.29, 0.717) is 23.3 Å². The summed E-state index contributed by atoms with van der Waals surface area (Å²) >= 11 is 0. The maximum absolute atomic E-state index is 11.9. The molecule has 0 aliphatic carbocycles. The second-order valence-corrected chi connectivity index (χ2v) is 4.97. The molecule has 22 heavy (non-hydrogen) atoms. The monoisotopic (exact) mass is 310 g/mol. The Balaban J connectivity index is 2.88. The molecule has 0 amide bonds. The summed E-state index contributed by atoms with van der Waals surface area (Å²) in [4.78, 5) is 22.2. The second-order valence-electron chi connectivity index (χ2n) is 4.97. The molecule has 1 rings (SSSR count). The van der Waals surface area contributed by atoms with E-state index in [-0.39, 0.29) is 6.47 Å². The number of benzene rings is 1. The summed E-state index contributed by atoms with van der Waals surface area (Å²) in [6, 6.07) is 4.80. The van der Waals surface area contributed by atoms with Gasteiger partial charge in [-0.15, -0.1) is 0 Å². The van der Waals surface area contributed by atoms with Gasteiger partial charge in [-0.2, -0.15) is 0 Å². The lowest BCUT2D eigenvalue weighted by molar-refractivity contribution is -0.157. The number of hydrogen-bond donors (Lipinski definition) is 2. The first-order chi connectivity index (χ1) is 10.5. The van der Waals surface area contributed by atoms with E-state index < -0.39 is 24.8 Å². The number of unbranched alkanes of at least 4 members (excludes halogenated alkanes) is 1. The lowest BCUT2D eigenvalue weighted by atomic mass is 9.93. The molecule has 2 atom stereocenters. The van der Waals surface area contributed by atoms with Crippen LogP contribution in [0.1, 0.15) is 47.2 Å². The molecule has 0 heterocycles. The Morgan fingerprint density at radius 3 is 2.68 bits per heavy atom. The van der Waals surface area contributed by atoms with Crippen LogP contribution in [0.25, 0.3) is 0 Å². The van der Waals surface area contributed by atoms with Crippen molar-refractivity contribution < 1.29 is 29.3 Å². The van der Waals surface area contributed by atoms with Gasteiger partial charge >= 0.3 is 5.97 Å². The van der Waals surface area contributed by atoms with Crippen LogP contribution >= 0.6 is 0 Å². The van der Waals surface area contributed by atoms with Crippen LogP contribution in [0.2, 0.25) is 0 Å². The number of rotatable bonds is 9. The average molecular weight is 310 g/mol. The summed E-state index contributed by atoms with van der Waals surface area (Å²) < 4.78 is 9.60.